The fourth-order valence-corrected chi connectivity index (χ4v) is 5.32. The molecule has 8 heteroatoms. The number of carbonyl (C=O) groups excluding carboxylic acids is 2. The number of aryl methyl sites for hydroxylation is 1. The van der Waals surface area contributed by atoms with E-state index < -0.39 is 6.10 Å². The first-order valence-electron chi connectivity index (χ1n) is 10.4. The predicted molar refractivity (Wildman–Crippen MR) is 115 cm³/mol. The molecule has 1 aromatic carbocycles. The zero-order valence-electron chi connectivity index (χ0n) is 17.2. The van der Waals surface area contributed by atoms with Gasteiger partial charge in [-0.2, -0.15) is 0 Å². The summed E-state index contributed by atoms with van der Waals surface area (Å²) in [6.45, 7) is 4.79. The summed E-state index contributed by atoms with van der Waals surface area (Å²) in [5.74, 6) is 1.14. The number of hydrogen-bond donors (Lipinski definition) is 2. The van der Waals surface area contributed by atoms with Crippen LogP contribution in [0, 0.1) is 11.8 Å². The summed E-state index contributed by atoms with van der Waals surface area (Å²) in [6.07, 6.45) is 2.95. The number of aliphatic hydroxyl groups is 1. The molecule has 2 fully saturated rings. The summed E-state index contributed by atoms with van der Waals surface area (Å²) in [7, 11) is 0. The molecule has 4 atom stereocenters. The van der Waals surface area contributed by atoms with E-state index in [4.69, 9.17) is 4.74 Å². The molecule has 7 nitrogen and oxygen atoms in total. The normalized spacial score (nSPS) is 25.6. The number of nitrogens with zero attached hydrogens (tertiary/aromatic N) is 2. The van der Waals surface area contributed by atoms with Crippen molar-refractivity contribution in [2.24, 2.45) is 11.8 Å². The molecule has 160 valence electrons. The Kier molecular flexibility index (Phi) is 6.06. The Morgan fingerprint density at radius 1 is 1.27 bits per heavy atom. The maximum Gasteiger partial charge on any atom is 0.265 e. The number of hydrogen-bond acceptors (Lipinski definition) is 6. The van der Waals surface area contributed by atoms with Gasteiger partial charge >= 0.3 is 0 Å². The highest BCUT2D eigenvalue weighted by Gasteiger charge is 2.44. The predicted octanol–water partition coefficient (Wildman–Crippen LogP) is 2.95. The molecular formula is C22H27N3O4S. The second-order valence-corrected chi connectivity index (χ2v) is 9.13. The van der Waals surface area contributed by atoms with E-state index in [0.29, 0.717) is 35.4 Å². The van der Waals surface area contributed by atoms with Gasteiger partial charge in [0.05, 0.1) is 12.3 Å². The van der Waals surface area contributed by atoms with Crippen LogP contribution in [0.25, 0.3) is 0 Å². The number of ether oxygens (including phenoxy) is 1. The molecule has 1 aromatic heterocycles. The fourth-order valence-electron chi connectivity index (χ4n) is 4.49. The molecule has 0 radical (unpaired) electrons. The minimum atomic E-state index is -0.541. The lowest BCUT2D eigenvalue weighted by atomic mass is 9.78. The highest BCUT2D eigenvalue weighted by molar-refractivity contribution is 7.17. The molecule has 2 N–H and O–H groups in total. The lowest BCUT2D eigenvalue weighted by molar-refractivity contribution is -0.114. The van der Waals surface area contributed by atoms with E-state index in [1.165, 1.54) is 24.5 Å². The molecule has 30 heavy (non-hydrogen) atoms. The molecule has 2 amide bonds. The third-order valence-corrected chi connectivity index (χ3v) is 6.90. The van der Waals surface area contributed by atoms with E-state index in [2.05, 4.69) is 17.2 Å². The van der Waals surface area contributed by atoms with Crippen molar-refractivity contribution in [1.82, 2.24) is 9.88 Å². The molecule has 2 heterocycles. The maximum absolute atomic E-state index is 12.9. The van der Waals surface area contributed by atoms with Crippen LogP contribution in [0.3, 0.4) is 0 Å². The van der Waals surface area contributed by atoms with Gasteiger partial charge in [-0.3, -0.25) is 9.59 Å². The Labute approximate surface area is 180 Å². The van der Waals surface area contributed by atoms with Gasteiger partial charge in [-0.15, -0.1) is 0 Å². The SMILES string of the molecule is CCc1ccccc1O[C@@H]1C[C@@H]2CN(C(=O)c3cnc(NC(C)=O)s3)C[C@@H]2C[C@H]1O. The molecule has 0 spiro atoms. The van der Waals surface area contributed by atoms with Gasteiger partial charge in [-0.1, -0.05) is 36.5 Å². The van der Waals surface area contributed by atoms with Crippen LogP contribution in [0.5, 0.6) is 5.75 Å². The first kappa shape index (κ1) is 20.8. The zero-order chi connectivity index (χ0) is 21.3. The Morgan fingerprint density at radius 3 is 2.73 bits per heavy atom. The number of amides is 2. The van der Waals surface area contributed by atoms with E-state index in [1.807, 2.05) is 29.2 Å². The number of carbonyl (C=O) groups is 2. The molecule has 2 aliphatic rings. The summed E-state index contributed by atoms with van der Waals surface area (Å²) in [5, 5.41) is 13.7. The van der Waals surface area contributed by atoms with Crippen molar-refractivity contribution in [2.45, 2.75) is 45.3 Å². The van der Waals surface area contributed by atoms with Crippen molar-refractivity contribution in [1.29, 1.82) is 0 Å². The van der Waals surface area contributed by atoms with Gasteiger partial charge in [0.25, 0.3) is 5.91 Å². The molecule has 1 saturated carbocycles. The number of benzene rings is 1. The minimum Gasteiger partial charge on any atom is -0.487 e. The van der Waals surface area contributed by atoms with Crippen molar-refractivity contribution in [3.8, 4) is 5.75 Å². The van der Waals surface area contributed by atoms with Crippen molar-refractivity contribution in [3.63, 3.8) is 0 Å². The highest BCUT2D eigenvalue weighted by Crippen LogP contribution is 2.39. The van der Waals surface area contributed by atoms with Crippen molar-refractivity contribution >= 4 is 28.3 Å². The van der Waals surface area contributed by atoms with E-state index in [1.54, 1.807) is 0 Å². The van der Waals surface area contributed by atoms with Crippen molar-refractivity contribution in [3.05, 3.63) is 40.9 Å². The monoisotopic (exact) mass is 429 g/mol. The van der Waals surface area contributed by atoms with Gasteiger partial charge in [0.2, 0.25) is 5.91 Å². The number of aromatic nitrogens is 1. The molecule has 4 rings (SSSR count). The number of aliphatic hydroxyl groups excluding tert-OH is 1. The molecule has 0 bridgehead atoms. The molecular weight excluding hydrogens is 402 g/mol. The Hall–Kier alpha value is -2.45. The van der Waals surface area contributed by atoms with E-state index in [-0.39, 0.29) is 23.8 Å². The largest absolute Gasteiger partial charge is 0.487 e. The van der Waals surface area contributed by atoms with Crippen LogP contribution >= 0.6 is 11.3 Å². The lowest BCUT2D eigenvalue weighted by Crippen LogP contribution is -2.42. The van der Waals surface area contributed by atoms with Crippen molar-refractivity contribution in [2.75, 3.05) is 18.4 Å². The third-order valence-electron chi connectivity index (χ3n) is 6.00. The first-order valence-corrected chi connectivity index (χ1v) is 11.2. The van der Waals surface area contributed by atoms with Crippen LogP contribution in [0.15, 0.2) is 30.5 Å². The average Bonchev–Trinajstić information content (AvgIpc) is 3.34. The van der Waals surface area contributed by atoms with Crippen molar-refractivity contribution < 1.29 is 19.4 Å². The second-order valence-electron chi connectivity index (χ2n) is 8.10. The summed E-state index contributed by atoms with van der Waals surface area (Å²) in [4.78, 5) is 30.6. The number of likely N-dealkylation sites (tertiary alicyclic amines) is 1. The van der Waals surface area contributed by atoms with Gasteiger partial charge in [-0.05, 0) is 42.7 Å². The molecule has 0 unspecified atom stereocenters. The molecule has 2 aromatic rings. The molecule has 1 aliphatic carbocycles. The van der Waals surface area contributed by atoms with E-state index in [9.17, 15) is 14.7 Å². The summed E-state index contributed by atoms with van der Waals surface area (Å²) in [6, 6.07) is 7.95. The van der Waals surface area contributed by atoms with Crippen LogP contribution in [0.2, 0.25) is 0 Å². The van der Waals surface area contributed by atoms with Crippen LogP contribution in [0.1, 0.15) is 41.9 Å². The standard InChI is InChI=1S/C22H27N3O4S/c1-3-14-6-4-5-7-18(14)29-19-9-16-12-25(11-15(16)8-17(19)27)21(28)20-10-23-22(30-20)24-13(2)26/h4-7,10,15-17,19,27H,3,8-9,11-12H2,1-2H3,(H,23,24,26)/t15-,16+,17+,19+/m0/s1. The number of para-hydroxylation sites is 1. The Bertz CT molecular complexity index is 931. The lowest BCUT2D eigenvalue weighted by Gasteiger charge is -2.35. The van der Waals surface area contributed by atoms with Crippen LogP contribution in [-0.2, 0) is 11.2 Å². The van der Waals surface area contributed by atoms with Gasteiger partial charge in [0, 0.05) is 20.0 Å². The van der Waals surface area contributed by atoms with Gasteiger partial charge in [-0.25, -0.2) is 4.98 Å². The number of anilines is 1. The number of fused-ring (bicyclic) bond motifs is 1. The Balaban J connectivity index is 1.41. The molecule has 1 saturated heterocycles. The topological polar surface area (TPSA) is 91.8 Å². The number of nitrogens with one attached hydrogen (secondary N) is 1. The van der Waals surface area contributed by atoms with Crippen LogP contribution in [-0.4, -0.2) is 52.1 Å². The van der Waals surface area contributed by atoms with E-state index in [0.717, 1.165) is 24.2 Å². The summed E-state index contributed by atoms with van der Waals surface area (Å²) >= 11 is 1.19. The molecule has 1 aliphatic heterocycles. The quantitative estimate of drug-likeness (QED) is 0.763. The third kappa shape index (κ3) is 4.34. The van der Waals surface area contributed by atoms with E-state index >= 15 is 0 Å². The fraction of sp³-hybridized carbons (Fsp3) is 0.500. The number of thiazole rings is 1. The first-order chi connectivity index (χ1) is 14.4. The summed E-state index contributed by atoms with van der Waals surface area (Å²) in [5.41, 5.74) is 1.13. The second kappa shape index (κ2) is 8.73. The minimum absolute atomic E-state index is 0.0678. The van der Waals surface area contributed by atoms with Gasteiger partial charge < -0.3 is 20.1 Å². The zero-order valence-corrected chi connectivity index (χ0v) is 18.0. The van der Waals surface area contributed by atoms with Crippen LogP contribution in [0.4, 0.5) is 5.13 Å². The van der Waals surface area contributed by atoms with Crippen LogP contribution < -0.4 is 10.1 Å². The Morgan fingerprint density at radius 2 is 2.00 bits per heavy atom. The summed E-state index contributed by atoms with van der Waals surface area (Å²) < 4.78 is 6.22. The highest BCUT2D eigenvalue weighted by atomic mass is 32.1. The smallest absolute Gasteiger partial charge is 0.265 e. The van der Waals surface area contributed by atoms with Gasteiger partial charge in [0.15, 0.2) is 5.13 Å². The maximum atomic E-state index is 12.9. The number of rotatable bonds is 5. The average molecular weight is 430 g/mol. The van der Waals surface area contributed by atoms with Gasteiger partial charge in [0.1, 0.15) is 16.7 Å².